The summed E-state index contributed by atoms with van der Waals surface area (Å²) in [6.07, 6.45) is 0.544. The van der Waals surface area contributed by atoms with Crippen LogP contribution >= 0.6 is 11.8 Å². The van der Waals surface area contributed by atoms with Crippen LogP contribution in [0.2, 0.25) is 0 Å². The summed E-state index contributed by atoms with van der Waals surface area (Å²) >= 11 is 1.43. The first kappa shape index (κ1) is 22.6. The highest BCUT2D eigenvalue weighted by Gasteiger charge is 2.17. The summed E-state index contributed by atoms with van der Waals surface area (Å²) in [7, 11) is 1.65. The van der Waals surface area contributed by atoms with E-state index >= 15 is 0 Å². The van der Waals surface area contributed by atoms with Gasteiger partial charge in [0.25, 0.3) is 0 Å². The van der Waals surface area contributed by atoms with E-state index in [1.54, 1.807) is 7.11 Å². The quantitative estimate of drug-likeness (QED) is 0.469. The van der Waals surface area contributed by atoms with Crippen molar-refractivity contribution in [2.24, 2.45) is 9.98 Å². The lowest BCUT2D eigenvalue weighted by molar-refractivity contribution is -0.113. The van der Waals surface area contributed by atoms with Crippen LogP contribution in [-0.4, -0.2) is 36.1 Å². The number of anilines is 1. The number of aliphatic imine (C=N–C) groups is 2. The average molecular weight is 460 g/mol. The molecule has 1 aliphatic heterocycles. The highest BCUT2D eigenvalue weighted by atomic mass is 32.2. The van der Waals surface area contributed by atoms with Gasteiger partial charge in [-0.1, -0.05) is 12.1 Å². The predicted octanol–water partition coefficient (Wildman–Crippen LogP) is 6.02. The zero-order valence-electron chi connectivity index (χ0n) is 18.6. The summed E-state index contributed by atoms with van der Waals surface area (Å²) in [5, 5.41) is 3.77. The second-order valence-corrected chi connectivity index (χ2v) is 8.30. The highest BCUT2D eigenvalue weighted by molar-refractivity contribution is 8.14. The van der Waals surface area contributed by atoms with Crippen LogP contribution in [0.3, 0.4) is 0 Å². The maximum Gasteiger partial charge on any atom is 0.234 e. The SMILES string of the molecule is CCOc1ccc(NC(=O)CSC2=Nc3ccccc3N=C(c3ccc(OC)cc3)C2)cc1. The Bertz CT molecular complexity index is 1170. The molecule has 0 fully saturated rings. The van der Waals surface area contributed by atoms with Crippen LogP contribution in [-0.2, 0) is 4.79 Å². The molecule has 0 aromatic heterocycles. The minimum atomic E-state index is -0.0904. The van der Waals surface area contributed by atoms with E-state index in [1.807, 2.05) is 79.7 Å². The third kappa shape index (κ3) is 6.02. The molecule has 1 heterocycles. The van der Waals surface area contributed by atoms with Crippen molar-refractivity contribution in [3.8, 4) is 11.5 Å². The molecule has 7 heteroatoms. The number of para-hydroxylation sites is 2. The van der Waals surface area contributed by atoms with Gasteiger partial charge in [0.15, 0.2) is 0 Å². The van der Waals surface area contributed by atoms with Gasteiger partial charge < -0.3 is 14.8 Å². The minimum absolute atomic E-state index is 0.0904. The second-order valence-electron chi connectivity index (χ2n) is 7.25. The number of benzene rings is 3. The van der Waals surface area contributed by atoms with Gasteiger partial charge in [0.05, 0.1) is 41.6 Å². The summed E-state index contributed by atoms with van der Waals surface area (Å²) in [4.78, 5) is 22.2. The largest absolute Gasteiger partial charge is 0.497 e. The minimum Gasteiger partial charge on any atom is -0.497 e. The third-order valence-electron chi connectivity index (χ3n) is 4.94. The Morgan fingerprint density at radius 1 is 0.939 bits per heavy atom. The van der Waals surface area contributed by atoms with Gasteiger partial charge in [-0.2, -0.15) is 0 Å². The van der Waals surface area contributed by atoms with Gasteiger partial charge in [0.2, 0.25) is 5.91 Å². The van der Waals surface area contributed by atoms with E-state index in [0.29, 0.717) is 13.0 Å². The Balaban J connectivity index is 1.46. The Kier molecular flexibility index (Phi) is 7.42. The first-order chi connectivity index (χ1) is 16.1. The molecule has 0 unspecified atom stereocenters. The molecule has 168 valence electrons. The third-order valence-corrected chi connectivity index (χ3v) is 5.92. The second kappa shape index (κ2) is 10.8. The number of nitrogens with one attached hydrogen (secondary N) is 1. The molecule has 0 saturated carbocycles. The Hall–Kier alpha value is -3.58. The van der Waals surface area contributed by atoms with Crippen LogP contribution in [0.1, 0.15) is 18.9 Å². The number of amides is 1. The van der Waals surface area contributed by atoms with Crippen molar-refractivity contribution in [3.63, 3.8) is 0 Å². The fourth-order valence-corrected chi connectivity index (χ4v) is 4.11. The van der Waals surface area contributed by atoms with Crippen molar-refractivity contribution >= 4 is 45.5 Å². The molecule has 0 aliphatic carbocycles. The molecule has 0 radical (unpaired) electrons. The molecule has 0 bridgehead atoms. The fraction of sp³-hybridized carbons (Fsp3) is 0.192. The number of rotatable bonds is 7. The molecule has 4 rings (SSSR count). The van der Waals surface area contributed by atoms with Crippen molar-refractivity contribution in [2.75, 3.05) is 24.8 Å². The fourth-order valence-electron chi connectivity index (χ4n) is 3.34. The number of hydrogen-bond acceptors (Lipinski definition) is 6. The van der Waals surface area contributed by atoms with Crippen molar-refractivity contribution in [2.45, 2.75) is 13.3 Å². The van der Waals surface area contributed by atoms with E-state index < -0.39 is 0 Å². The maximum atomic E-state index is 12.6. The molecule has 0 atom stereocenters. The number of ether oxygens (including phenoxy) is 2. The molecule has 1 N–H and O–H groups in total. The van der Waals surface area contributed by atoms with Gasteiger partial charge in [-0.25, -0.2) is 4.99 Å². The molecular formula is C26H25N3O3S. The summed E-state index contributed by atoms with van der Waals surface area (Å²) in [6, 6.07) is 23.0. The van der Waals surface area contributed by atoms with Gasteiger partial charge in [-0.15, -0.1) is 11.8 Å². The lowest BCUT2D eigenvalue weighted by Crippen LogP contribution is -2.16. The van der Waals surface area contributed by atoms with E-state index in [-0.39, 0.29) is 11.7 Å². The smallest absolute Gasteiger partial charge is 0.234 e. The van der Waals surface area contributed by atoms with E-state index in [0.717, 1.165) is 44.9 Å². The molecule has 3 aromatic rings. The van der Waals surface area contributed by atoms with E-state index in [2.05, 4.69) is 5.32 Å². The first-order valence-corrected chi connectivity index (χ1v) is 11.7. The van der Waals surface area contributed by atoms with Crippen LogP contribution in [0.4, 0.5) is 17.1 Å². The lowest BCUT2D eigenvalue weighted by atomic mass is 10.1. The summed E-state index contributed by atoms with van der Waals surface area (Å²) in [5.74, 6) is 1.74. The van der Waals surface area contributed by atoms with Gasteiger partial charge in [0, 0.05) is 12.1 Å². The normalized spacial score (nSPS) is 12.7. The summed E-state index contributed by atoms with van der Waals surface area (Å²) in [5.41, 5.74) is 4.26. The zero-order valence-corrected chi connectivity index (χ0v) is 19.4. The van der Waals surface area contributed by atoms with Crippen molar-refractivity contribution in [1.82, 2.24) is 0 Å². The number of nitrogens with zero attached hydrogens (tertiary/aromatic N) is 2. The predicted molar refractivity (Wildman–Crippen MR) is 136 cm³/mol. The van der Waals surface area contributed by atoms with Crippen LogP contribution in [0.15, 0.2) is 82.8 Å². The molecular weight excluding hydrogens is 434 g/mol. The number of carbonyl (C=O) groups excluding carboxylic acids is 1. The first-order valence-electron chi connectivity index (χ1n) is 10.7. The van der Waals surface area contributed by atoms with Crippen LogP contribution in [0.25, 0.3) is 0 Å². The number of fused-ring (bicyclic) bond motifs is 1. The van der Waals surface area contributed by atoms with Gasteiger partial charge in [-0.05, 0) is 73.2 Å². The Labute approximate surface area is 197 Å². The monoisotopic (exact) mass is 459 g/mol. The number of carbonyl (C=O) groups is 1. The van der Waals surface area contributed by atoms with Crippen molar-refractivity contribution < 1.29 is 14.3 Å². The van der Waals surface area contributed by atoms with Gasteiger partial charge in [-0.3, -0.25) is 9.79 Å². The van der Waals surface area contributed by atoms with Crippen molar-refractivity contribution in [3.05, 3.63) is 78.4 Å². The molecule has 0 saturated heterocycles. The van der Waals surface area contributed by atoms with Gasteiger partial charge >= 0.3 is 0 Å². The number of hydrogen-bond donors (Lipinski definition) is 1. The zero-order chi connectivity index (χ0) is 23.0. The van der Waals surface area contributed by atoms with E-state index in [4.69, 9.17) is 19.5 Å². The van der Waals surface area contributed by atoms with E-state index in [9.17, 15) is 4.79 Å². The summed E-state index contributed by atoms with van der Waals surface area (Å²) < 4.78 is 10.7. The van der Waals surface area contributed by atoms with Crippen molar-refractivity contribution in [1.29, 1.82) is 0 Å². The molecule has 6 nitrogen and oxygen atoms in total. The van der Waals surface area contributed by atoms with Crippen LogP contribution in [0.5, 0.6) is 11.5 Å². The molecule has 1 aliphatic rings. The highest BCUT2D eigenvalue weighted by Crippen LogP contribution is 2.33. The number of methoxy groups -OCH3 is 1. The topological polar surface area (TPSA) is 72.3 Å². The standard InChI is InChI=1S/C26H25N3O3S/c1-3-32-21-14-10-19(11-15-21)27-25(30)17-33-26-16-24(18-8-12-20(31-2)13-9-18)28-22-6-4-5-7-23(22)29-26/h4-15H,3,16-17H2,1-2H3,(H,27,30). The van der Waals surface area contributed by atoms with Crippen LogP contribution < -0.4 is 14.8 Å². The average Bonchev–Trinajstić information content (AvgIpc) is 3.03. The Morgan fingerprint density at radius 3 is 2.27 bits per heavy atom. The molecule has 33 heavy (non-hydrogen) atoms. The molecule has 3 aromatic carbocycles. The Morgan fingerprint density at radius 2 is 1.61 bits per heavy atom. The number of thioether (sulfide) groups is 1. The lowest BCUT2D eigenvalue weighted by Gasteiger charge is -2.09. The maximum absolute atomic E-state index is 12.6. The summed E-state index contributed by atoms with van der Waals surface area (Å²) in [6.45, 7) is 2.54. The van der Waals surface area contributed by atoms with E-state index in [1.165, 1.54) is 11.8 Å². The molecule has 0 spiro atoms. The van der Waals surface area contributed by atoms with Gasteiger partial charge in [0.1, 0.15) is 11.5 Å². The molecule has 1 amide bonds. The van der Waals surface area contributed by atoms with Crippen LogP contribution in [0, 0.1) is 0 Å².